The van der Waals surface area contributed by atoms with Crippen LogP contribution in [0.15, 0.2) is 109 Å². The Hall–Kier alpha value is -3.56. The van der Waals surface area contributed by atoms with Gasteiger partial charge in [0.1, 0.15) is 0 Å². The quantitative estimate of drug-likeness (QED) is 0.295. The molecule has 0 radical (unpaired) electrons. The highest BCUT2D eigenvalue weighted by molar-refractivity contribution is 5.47. The van der Waals surface area contributed by atoms with Crippen LogP contribution in [0.25, 0.3) is 0 Å². The van der Waals surface area contributed by atoms with Crippen LogP contribution in [-0.4, -0.2) is 11.1 Å². The predicted octanol–water partition coefficient (Wildman–Crippen LogP) is 7.53. The smallest absolute Gasteiger partial charge is 0.194 e. The Kier molecular flexibility index (Phi) is 6.61. The van der Waals surface area contributed by atoms with E-state index >= 15 is 0 Å². The van der Waals surface area contributed by atoms with E-state index in [-0.39, 0.29) is 17.7 Å². The van der Waals surface area contributed by atoms with Crippen molar-refractivity contribution in [3.63, 3.8) is 0 Å². The maximum atomic E-state index is 6.77. The zero-order chi connectivity index (χ0) is 24.3. The lowest BCUT2D eigenvalue weighted by Gasteiger charge is -2.41. The lowest BCUT2D eigenvalue weighted by atomic mass is 9.87. The molecule has 35 heavy (non-hydrogen) atoms. The van der Waals surface area contributed by atoms with Gasteiger partial charge in [0.2, 0.25) is 0 Å². The number of hydrogen-bond donors (Lipinski definition) is 0. The monoisotopic (exact) mass is 463 g/mol. The Morgan fingerprint density at radius 2 is 1.17 bits per heavy atom. The zero-order valence-electron chi connectivity index (χ0n) is 20.7. The number of hydrogen-bond acceptors (Lipinski definition) is 3. The predicted molar refractivity (Wildman–Crippen MR) is 141 cm³/mol. The minimum atomic E-state index is -0.286. The molecule has 0 aliphatic carbocycles. The van der Waals surface area contributed by atoms with Crippen LogP contribution in [0, 0.1) is 0 Å². The van der Waals surface area contributed by atoms with Crippen LogP contribution >= 0.6 is 0 Å². The molecule has 0 spiro atoms. The van der Waals surface area contributed by atoms with Crippen molar-refractivity contribution in [1.82, 2.24) is 4.90 Å². The normalized spacial score (nSPS) is 17.4. The summed E-state index contributed by atoms with van der Waals surface area (Å²) in [5, 5.41) is 0. The maximum absolute atomic E-state index is 6.77. The van der Waals surface area contributed by atoms with E-state index in [0.29, 0.717) is 0 Å². The molecule has 178 valence electrons. The number of ether oxygens (including phenoxy) is 2. The van der Waals surface area contributed by atoms with Crippen molar-refractivity contribution in [3.05, 3.63) is 131 Å². The summed E-state index contributed by atoms with van der Waals surface area (Å²) in [7, 11) is 0. The average Bonchev–Trinajstić information content (AvgIpc) is 2.88. The van der Waals surface area contributed by atoms with Gasteiger partial charge in [0.15, 0.2) is 23.8 Å². The first-order valence-electron chi connectivity index (χ1n) is 12.3. The molecule has 0 N–H and O–H groups in total. The molecule has 3 nitrogen and oxygen atoms in total. The average molecular weight is 464 g/mol. The van der Waals surface area contributed by atoms with Crippen LogP contribution in [0.2, 0.25) is 0 Å². The van der Waals surface area contributed by atoms with Crippen molar-refractivity contribution in [2.45, 2.75) is 51.6 Å². The molecule has 1 aliphatic heterocycles. The second kappa shape index (κ2) is 9.97. The van der Waals surface area contributed by atoms with E-state index in [1.54, 1.807) is 0 Å². The first kappa shape index (κ1) is 23.2. The second-order valence-electron chi connectivity index (χ2n) is 10.2. The molecule has 4 aromatic carbocycles. The van der Waals surface area contributed by atoms with Gasteiger partial charge in [0.25, 0.3) is 0 Å². The maximum Gasteiger partial charge on any atom is 0.194 e. The molecule has 4 aromatic rings. The molecule has 0 saturated carbocycles. The summed E-state index contributed by atoms with van der Waals surface area (Å²) in [6.07, 6.45) is -0.544. The molecule has 1 aliphatic rings. The zero-order valence-corrected chi connectivity index (χ0v) is 20.7. The van der Waals surface area contributed by atoms with Crippen LogP contribution in [0.5, 0.6) is 11.5 Å². The first-order chi connectivity index (χ1) is 17.0. The van der Waals surface area contributed by atoms with E-state index in [9.17, 15) is 0 Å². The lowest BCUT2D eigenvalue weighted by molar-refractivity contribution is -0.0867. The second-order valence-corrected chi connectivity index (χ2v) is 10.2. The van der Waals surface area contributed by atoms with Crippen LogP contribution in [0.1, 0.15) is 49.1 Å². The summed E-state index contributed by atoms with van der Waals surface area (Å²) in [4.78, 5) is 2.38. The van der Waals surface area contributed by atoms with Crippen molar-refractivity contribution < 1.29 is 9.47 Å². The fourth-order valence-electron chi connectivity index (χ4n) is 4.56. The lowest BCUT2D eigenvalue weighted by Crippen LogP contribution is -2.46. The van der Waals surface area contributed by atoms with Gasteiger partial charge in [-0.15, -0.1) is 0 Å². The highest BCUT2D eigenvalue weighted by atomic mass is 16.6. The Labute approximate surface area is 209 Å². The summed E-state index contributed by atoms with van der Waals surface area (Å²) in [5.74, 6) is 1.60. The Bertz CT molecular complexity index is 1190. The Morgan fingerprint density at radius 3 is 1.71 bits per heavy atom. The minimum Gasteiger partial charge on any atom is -0.476 e. The third-order valence-electron chi connectivity index (χ3n) is 6.52. The van der Waals surface area contributed by atoms with Gasteiger partial charge >= 0.3 is 0 Å². The first-order valence-corrected chi connectivity index (χ1v) is 12.3. The highest BCUT2D eigenvalue weighted by Crippen LogP contribution is 2.43. The number of benzene rings is 4. The summed E-state index contributed by atoms with van der Waals surface area (Å²) < 4.78 is 13.5. The van der Waals surface area contributed by atoms with Gasteiger partial charge in [-0.05, 0) is 39.8 Å². The molecule has 5 rings (SSSR count). The van der Waals surface area contributed by atoms with Gasteiger partial charge in [-0.3, -0.25) is 4.90 Å². The van der Waals surface area contributed by atoms with E-state index in [0.717, 1.165) is 30.2 Å². The number of fused-ring (bicyclic) bond motifs is 1. The van der Waals surface area contributed by atoms with E-state index in [4.69, 9.17) is 9.47 Å². The molecule has 0 bridgehead atoms. The summed E-state index contributed by atoms with van der Waals surface area (Å²) in [5.41, 5.74) is 4.86. The van der Waals surface area contributed by atoms with Crippen LogP contribution in [0.4, 0.5) is 0 Å². The van der Waals surface area contributed by atoms with Gasteiger partial charge in [0.05, 0.1) is 0 Å². The number of nitrogens with zero attached hydrogens (tertiary/aromatic N) is 1. The van der Waals surface area contributed by atoms with Gasteiger partial charge in [-0.1, -0.05) is 118 Å². The third kappa shape index (κ3) is 5.41. The number of rotatable bonds is 6. The topological polar surface area (TPSA) is 21.7 Å². The van der Waals surface area contributed by atoms with Crippen molar-refractivity contribution >= 4 is 0 Å². The van der Waals surface area contributed by atoms with E-state index in [1.807, 2.05) is 6.07 Å². The Morgan fingerprint density at radius 1 is 0.629 bits per heavy atom. The van der Waals surface area contributed by atoms with Crippen molar-refractivity contribution in [1.29, 1.82) is 0 Å². The van der Waals surface area contributed by atoms with Gasteiger partial charge in [-0.2, -0.15) is 0 Å². The molecule has 2 unspecified atom stereocenters. The van der Waals surface area contributed by atoms with E-state index in [2.05, 4.69) is 129 Å². The van der Waals surface area contributed by atoms with Gasteiger partial charge < -0.3 is 9.47 Å². The molecule has 0 aromatic heterocycles. The SMILES string of the molecule is CC(C)(C)c1ccc2c(c1)OC(c1ccccc1)C(N(Cc1ccccc1)Cc1ccccc1)O2. The molecule has 2 atom stereocenters. The molecular weight excluding hydrogens is 430 g/mol. The van der Waals surface area contributed by atoms with Crippen LogP contribution < -0.4 is 9.47 Å². The third-order valence-corrected chi connectivity index (χ3v) is 6.52. The molecule has 3 heteroatoms. The van der Waals surface area contributed by atoms with Crippen molar-refractivity contribution in [2.24, 2.45) is 0 Å². The molecular formula is C32H33NO2. The van der Waals surface area contributed by atoms with Crippen LogP contribution in [-0.2, 0) is 18.5 Å². The van der Waals surface area contributed by atoms with Gasteiger partial charge in [-0.25, -0.2) is 0 Å². The molecule has 1 heterocycles. The molecule has 0 saturated heterocycles. The van der Waals surface area contributed by atoms with E-state index < -0.39 is 0 Å². The van der Waals surface area contributed by atoms with Gasteiger partial charge in [0, 0.05) is 13.1 Å². The molecule has 0 fully saturated rings. The van der Waals surface area contributed by atoms with E-state index in [1.165, 1.54) is 16.7 Å². The highest BCUT2D eigenvalue weighted by Gasteiger charge is 2.38. The summed E-state index contributed by atoms with van der Waals surface area (Å²) in [6.45, 7) is 8.16. The molecule has 0 amide bonds. The summed E-state index contributed by atoms with van der Waals surface area (Å²) >= 11 is 0. The van der Waals surface area contributed by atoms with Crippen molar-refractivity contribution in [3.8, 4) is 11.5 Å². The fraction of sp³-hybridized carbons (Fsp3) is 0.250. The standard InChI is InChI=1S/C32H33NO2/c1-32(2,3)27-19-20-28-29(21-27)34-30(26-17-11-6-12-18-26)31(35-28)33(22-24-13-7-4-8-14-24)23-25-15-9-5-10-16-25/h4-21,30-31H,22-23H2,1-3H3. The van der Waals surface area contributed by atoms with Crippen LogP contribution in [0.3, 0.4) is 0 Å². The summed E-state index contributed by atoms with van der Waals surface area (Å²) in [6, 6.07) is 37.9. The fourth-order valence-corrected chi connectivity index (χ4v) is 4.56. The van der Waals surface area contributed by atoms with Crippen molar-refractivity contribution in [2.75, 3.05) is 0 Å². The largest absolute Gasteiger partial charge is 0.476 e. The Balaban J connectivity index is 1.55. The minimum absolute atomic E-state index is 0.0319.